The van der Waals surface area contributed by atoms with E-state index in [4.69, 9.17) is 5.73 Å². The van der Waals surface area contributed by atoms with Crippen molar-refractivity contribution in [2.45, 2.75) is 32.5 Å². The van der Waals surface area contributed by atoms with Gasteiger partial charge < -0.3 is 15.6 Å². The number of benzene rings is 2. The topological polar surface area (TPSA) is 72.9 Å². The quantitative estimate of drug-likeness (QED) is 0.673. The van der Waals surface area contributed by atoms with Crippen LogP contribution in [-0.4, -0.2) is 21.5 Å². The van der Waals surface area contributed by atoms with Gasteiger partial charge in [0.1, 0.15) is 0 Å². The minimum Gasteiger partial charge on any atom is -0.352 e. The van der Waals surface area contributed by atoms with Crippen molar-refractivity contribution < 1.29 is 4.79 Å². The molecule has 0 saturated carbocycles. The van der Waals surface area contributed by atoms with Crippen molar-refractivity contribution in [3.63, 3.8) is 0 Å². The first kappa shape index (κ1) is 22.0. The van der Waals surface area contributed by atoms with Gasteiger partial charge >= 0.3 is 0 Å². The molecule has 3 rings (SSSR count). The number of hydrogen-bond acceptors (Lipinski definition) is 3. The summed E-state index contributed by atoms with van der Waals surface area (Å²) in [4.78, 5) is 16.0. The van der Waals surface area contributed by atoms with Gasteiger partial charge in [-0.15, -0.1) is 24.8 Å². The zero-order valence-corrected chi connectivity index (χ0v) is 16.2. The van der Waals surface area contributed by atoms with E-state index in [1.165, 1.54) is 5.56 Å². The first-order chi connectivity index (χ1) is 11.6. The number of imidazole rings is 1. The van der Waals surface area contributed by atoms with E-state index in [2.05, 4.69) is 33.1 Å². The first-order valence-electron chi connectivity index (χ1n) is 8.12. The van der Waals surface area contributed by atoms with E-state index < -0.39 is 0 Å². The number of rotatable bonds is 6. The van der Waals surface area contributed by atoms with Crippen LogP contribution in [0.4, 0.5) is 0 Å². The molecule has 1 unspecified atom stereocenters. The van der Waals surface area contributed by atoms with Crippen LogP contribution in [0.2, 0.25) is 0 Å². The van der Waals surface area contributed by atoms with E-state index in [0.717, 1.165) is 23.1 Å². The molecule has 1 heterocycles. The lowest BCUT2D eigenvalue weighted by atomic mass is 10.1. The summed E-state index contributed by atoms with van der Waals surface area (Å²) in [5.74, 6) is -0.0149. The molecule has 7 heteroatoms. The van der Waals surface area contributed by atoms with Crippen molar-refractivity contribution >= 4 is 41.8 Å². The molecule has 0 radical (unpaired) electrons. The average Bonchev–Trinajstić information content (AvgIpc) is 2.97. The van der Waals surface area contributed by atoms with Crippen molar-refractivity contribution in [1.82, 2.24) is 14.9 Å². The van der Waals surface area contributed by atoms with Crippen LogP contribution in [-0.2, 0) is 17.9 Å². The lowest BCUT2D eigenvalue weighted by Gasteiger charge is -2.09. The molecule has 3 aromatic rings. The second kappa shape index (κ2) is 10.2. The molecule has 3 N–H and O–H groups in total. The van der Waals surface area contributed by atoms with Crippen molar-refractivity contribution in [3.8, 4) is 0 Å². The second-order valence-corrected chi connectivity index (χ2v) is 6.14. The van der Waals surface area contributed by atoms with Gasteiger partial charge in [0.05, 0.1) is 17.4 Å². The molecule has 0 aliphatic heterocycles. The predicted molar refractivity (Wildman–Crippen MR) is 110 cm³/mol. The van der Waals surface area contributed by atoms with Crippen LogP contribution in [0.3, 0.4) is 0 Å². The molecule has 0 aliphatic carbocycles. The summed E-state index contributed by atoms with van der Waals surface area (Å²) in [5, 5.41) is 2.89. The van der Waals surface area contributed by atoms with Crippen LogP contribution >= 0.6 is 24.8 Å². The van der Waals surface area contributed by atoms with Crippen molar-refractivity contribution in [1.29, 1.82) is 0 Å². The molecule has 0 bridgehead atoms. The van der Waals surface area contributed by atoms with E-state index in [-0.39, 0.29) is 36.8 Å². The third kappa shape index (κ3) is 5.73. The maximum atomic E-state index is 11.6. The summed E-state index contributed by atoms with van der Waals surface area (Å²) >= 11 is 0. The molecule has 1 atom stereocenters. The maximum absolute atomic E-state index is 11.6. The Kier molecular flexibility index (Phi) is 8.58. The van der Waals surface area contributed by atoms with Gasteiger partial charge in [0.2, 0.25) is 5.91 Å². The molecule has 5 nitrogen and oxygen atoms in total. The molecule has 2 aromatic carbocycles. The summed E-state index contributed by atoms with van der Waals surface area (Å²) < 4.78 is 2.13. The molecular formula is C19H24Cl2N4O. The van der Waals surface area contributed by atoms with Crippen molar-refractivity contribution in [2.24, 2.45) is 5.73 Å². The van der Waals surface area contributed by atoms with E-state index in [0.29, 0.717) is 13.0 Å². The molecule has 0 aliphatic rings. The van der Waals surface area contributed by atoms with Gasteiger partial charge in [0.25, 0.3) is 0 Å². The van der Waals surface area contributed by atoms with Gasteiger partial charge in [0, 0.05) is 25.6 Å². The Morgan fingerprint density at radius 3 is 2.46 bits per heavy atom. The number of fused-ring (bicyclic) bond motifs is 1. The van der Waals surface area contributed by atoms with E-state index in [9.17, 15) is 4.79 Å². The Morgan fingerprint density at radius 2 is 1.77 bits per heavy atom. The Balaban J connectivity index is 0.00000169. The number of hydrogen-bond donors (Lipinski definition) is 2. The summed E-state index contributed by atoms with van der Waals surface area (Å²) in [5.41, 5.74) is 10.0. The zero-order valence-electron chi connectivity index (χ0n) is 14.6. The summed E-state index contributed by atoms with van der Waals surface area (Å²) in [6.07, 6.45) is 2.22. The van der Waals surface area contributed by atoms with Gasteiger partial charge in [-0.3, -0.25) is 4.79 Å². The van der Waals surface area contributed by atoms with Gasteiger partial charge in [-0.25, -0.2) is 4.98 Å². The highest BCUT2D eigenvalue weighted by Gasteiger charge is 2.05. The predicted octanol–water partition coefficient (Wildman–Crippen LogP) is 3.28. The molecule has 1 aromatic heterocycles. The summed E-state index contributed by atoms with van der Waals surface area (Å²) in [6.45, 7) is 3.13. The van der Waals surface area contributed by atoms with Crippen LogP contribution in [0.1, 0.15) is 24.5 Å². The van der Waals surface area contributed by atoms with Crippen molar-refractivity contribution in [3.05, 3.63) is 66.0 Å². The summed E-state index contributed by atoms with van der Waals surface area (Å²) in [6, 6.07) is 16.2. The number of aromatic nitrogens is 2. The number of halogens is 2. The number of carbonyl (C=O) groups is 1. The smallest absolute Gasteiger partial charge is 0.221 e. The van der Waals surface area contributed by atoms with E-state index >= 15 is 0 Å². The Morgan fingerprint density at radius 1 is 1.12 bits per heavy atom. The van der Waals surface area contributed by atoms with E-state index in [1.54, 1.807) is 0 Å². The Bertz CT molecular complexity index is 831. The molecule has 140 valence electrons. The van der Waals surface area contributed by atoms with Crippen LogP contribution in [0.15, 0.2) is 54.9 Å². The largest absolute Gasteiger partial charge is 0.352 e. The van der Waals surface area contributed by atoms with Crippen LogP contribution in [0, 0.1) is 0 Å². The molecule has 0 fully saturated rings. The number of nitrogens with two attached hydrogens (primary N) is 1. The van der Waals surface area contributed by atoms with Crippen LogP contribution in [0.25, 0.3) is 11.0 Å². The van der Waals surface area contributed by atoms with Crippen LogP contribution < -0.4 is 11.1 Å². The lowest BCUT2D eigenvalue weighted by Crippen LogP contribution is -2.29. The lowest BCUT2D eigenvalue weighted by molar-refractivity contribution is -0.121. The molecular weight excluding hydrogens is 371 g/mol. The van der Waals surface area contributed by atoms with Gasteiger partial charge in [-0.05, 0) is 30.2 Å². The third-order valence-corrected chi connectivity index (χ3v) is 3.90. The fraction of sp³-hybridized carbons (Fsp3) is 0.263. The zero-order chi connectivity index (χ0) is 16.9. The Hall–Kier alpha value is -2.08. The second-order valence-electron chi connectivity index (χ2n) is 6.14. The first-order valence-corrected chi connectivity index (χ1v) is 8.12. The average molecular weight is 395 g/mol. The van der Waals surface area contributed by atoms with Gasteiger partial charge in [-0.2, -0.15) is 0 Å². The number of para-hydroxylation sites is 2. The number of carbonyl (C=O) groups excluding carboxylic acids is 1. The van der Waals surface area contributed by atoms with Gasteiger partial charge in [-0.1, -0.05) is 36.4 Å². The SMILES string of the molecule is CC(N)CC(=O)NCc1ccc(Cn2cnc3ccccc32)cc1.Cl.Cl. The monoisotopic (exact) mass is 394 g/mol. The standard InChI is InChI=1S/C19H22N4O.2ClH/c1-14(20)10-19(24)21-11-15-6-8-16(9-7-15)12-23-13-22-17-4-2-3-5-18(17)23;;/h2-9,13-14H,10-12,20H2,1H3,(H,21,24);2*1H. The highest BCUT2D eigenvalue weighted by atomic mass is 35.5. The number of nitrogens with one attached hydrogen (secondary N) is 1. The fourth-order valence-electron chi connectivity index (χ4n) is 2.66. The van der Waals surface area contributed by atoms with Crippen molar-refractivity contribution in [2.75, 3.05) is 0 Å². The highest BCUT2D eigenvalue weighted by molar-refractivity contribution is 5.85. The third-order valence-electron chi connectivity index (χ3n) is 3.90. The minimum absolute atomic E-state index is 0. The normalized spacial score (nSPS) is 11.3. The molecule has 26 heavy (non-hydrogen) atoms. The molecule has 0 saturated heterocycles. The molecule has 0 spiro atoms. The summed E-state index contributed by atoms with van der Waals surface area (Å²) in [7, 11) is 0. The number of amides is 1. The van der Waals surface area contributed by atoms with Gasteiger partial charge in [0.15, 0.2) is 0 Å². The Labute approximate surface area is 165 Å². The van der Waals surface area contributed by atoms with E-state index in [1.807, 2.05) is 43.6 Å². The molecule has 1 amide bonds. The van der Waals surface area contributed by atoms with Crippen LogP contribution in [0.5, 0.6) is 0 Å². The number of nitrogens with zero attached hydrogens (tertiary/aromatic N) is 2. The fourth-order valence-corrected chi connectivity index (χ4v) is 2.66. The maximum Gasteiger partial charge on any atom is 0.221 e. The minimum atomic E-state index is -0.114. The highest BCUT2D eigenvalue weighted by Crippen LogP contribution is 2.14.